The third-order valence-electron chi connectivity index (χ3n) is 9.88. The number of hydrogen-bond acceptors (Lipinski definition) is 20. The van der Waals surface area contributed by atoms with E-state index in [2.05, 4.69) is 56.8 Å². The minimum absolute atomic E-state index is 0.0149. The Balaban J connectivity index is 1.69. The number of nitrogen functional groups attached to an aromatic ring is 1. The third-order valence-corrected chi connectivity index (χ3v) is 13.4. The minimum atomic E-state index is -1.96. The second kappa shape index (κ2) is 29.2. The van der Waals surface area contributed by atoms with E-state index in [4.69, 9.17) is 22.5 Å². The predicted octanol–water partition coefficient (Wildman–Crippen LogP) is -5.52. The molecule has 33 heteroatoms. The molecule has 5 atom stereocenters. The number of H-pyrrole nitrogens is 1. The second-order valence-electron chi connectivity index (χ2n) is 16.1. The summed E-state index contributed by atoms with van der Waals surface area (Å²) in [6.45, 7) is 2.80. The summed E-state index contributed by atoms with van der Waals surface area (Å²) in [5.41, 5.74) is 16.6. The predicted molar refractivity (Wildman–Crippen MR) is 261 cm³/mol. The van der Waals surface area contributed by atoms with Crippen LogP contribution in [-0.4, -0.2) is 158 Å². The van der Waals surface area contributed by atoms with E-state index in [-0.39, 0.29) is 66.9 Å². The van der Waals surface area contributed by atoms with E-state index < -0.39 is 146 Å². The Morgan fingerprint density at radius 3 is 2.07 bits per heavy atom. The van der Waals surface area contributed by atoms with Gasteiger partial charge in [0.1, 0.15) is 18.1 Å². The molecule has 74 heavy (non-hydrogen) atoms. The molecule has 30 nitrogen and oxygen atoms in total. The van der Waals surface area contributed by atoms with Crippen LogP contribution in [0.3, 0.4) is 0 Å². The van der Waals surface area contributed by atoms with Crippen molar-refractivity contribution in [3.05, 3.63) is 52.1 Å². The van der Waals surface area contributed by atoms with Gasteiger partial charge in [0.15, 0.2) is 17.1 Å². The number of carbonyl (C=O) groups is 10. The summed E-state index contributed by atoms with van der Waals surface area (Å²) in [6, 6.07) is -3.22. The van der Waals surface area contributed by atoms with Crippen molar-refractivity contribution in [3.63, 3.8) is 0 Å². The molecule has 1 aromatic carbocycles. The van der Waals surface area contributed by atoms with Crippen molar-refractivity contribution in [1.29, 1.82) is 0.594 Å². The molecule has 0 bridgehead atoms. The van der Waals surface area contributed by atoms with Crippen molar-refractivity contribution in [1.82, 2.24) is 46.5 Å². The molecular formula is C41H54IN14O16S2-. The number of aliphatic imine (C=N–C) groups is 1. The van der Waals surface area contributed by atoms with Crippen LogP contribution in [0.15, 0.2) is 40.2 Å². The van der Waals surface area contributed by atoms with Gasteiger partial charge in [-0.25, -0.2) is 14.8 Å². The van der Waals surface area contributed by atoms with E-state index in [1.165, 1.54) is 44.3 Å². The number of aliphatic carboxylic acids is 4. The van der Waals surface area contributed by atoms with Crippen LogP contribution in [0.25, 0.3) is 11.2 Å². The Bertz CT molecular complexity index is 2680. The summed E-state index contributed by atoms with van der Waals surface area (Å²) >= 11 is -1.53. The topological polar surface area (TPSA) is 495 Å². The average Bonchev–Trinajstić information content (AvgIpc) is 3.33. The van der Waals surface area contributed by atoms with Crippen LogP contribution < -0.4 is 77.1 Å². The van der Waals surface area contributed by atoms with E-state index in [0.717, 1.165) is 21.6 Å². The number of anilines is 2. The van der Waals surface area contributed by atoms with E-state index in [1.54, 1.807) is 0 Å². The molecule has 3 aromatic rings. The number of nitrogens with one attached hydrogen (secondary N) is 7. The molecule has 0 fully saturated rings. The Kier molecular flexibility index (Phi) is 23.3. The number of halogens is 1. The number of fused-ring (bicyclic) bond motifs is 1. The van der Waals surface area contributed by atoms with Crippen molar-refractivity contribution in [2.45, 2.75) is 93.9 Å². The molecule has 0 aliphatic carbocycles. The van der Waals surface area contributed by atoms with Crippen LogP contribution in [0.2, 0.25) is 0 Å². The number of amides is 5. The van der Waals surface area contributed by atoms with Crippen molar-refractivity contribution < 1.29 is 95.5 Å². The molecule has 0 saturated carbocycles. The van der Waals surface area contributed by atoms with Crippen LogP contribution in [0.4, 0.5) is 16.4 Å². The number of guanidine groups is 1. The summed E-state index contributed by atoms with van der Waals surface area (Å²) in [5, 5.41) is 53.3. The molecule has 0 aliphatic rings. The van der Waals surface area contributed by atoms with Crippen LogP contribution >= 0.6 is 21.6 Å². The molecule has 0 spiro atoms. The molecule has 0 saturated heterocycles. The van der Waals surface area contributed by atoms with Gasteiger partial charge in [-0.15, -0.1) is 0 Å². The van der Waals surface area contributed by atoms with Gasteiger partial charge in [0, 0.05) is 24.2 Å². The fraction of sp³-hybridized carbons (Fsp3) is 0.439. The van der Waals surface area contributed by atoms with Crippen molar-refractivity contribution in [2.24, 2.45) is 16.5 Å². The molecule has 5 unspecified atom stereocenters. The molecule has 0 radical (unpaired) electrons. The molecular weight excluding hydrogens is 1140 g/mol. The third kappa shape index (κ3) is 20.9. The monoisotopic (exact) mass is 1190 g/mol. The Labute approximate surface area is 440 Å². The number of nitrogens with two attached hydrogens (primary N) is 3. The van der Waals surface area contributed by atoms with Crippen LogP contribution in [-0.2, 0) is 49.6 Å². The standard InChI is InChI=1S/C41H54IN14O16S2/c1-41(2,74-73-13-12-72-38(42)71)29(37(69)70)54-34(65)24(15-27(60)61)53-32(63)21(4-3-11-46-39(43)44)51-33(64)23(14-26(58)59)50-25(57)10-9-22(36(67)68)52-31(62)18-5-7-19(8-6-18)47-16-20-17-48-30-28(49-20)35(66)56-40(45)55-30/h5-8,17,21-24,29,42,47H,3-4,9-16H2,1-2H3,(H,50,57)(H,51,64)(H,52,62)(H,53,63)(H,54,65)(H,58,59)(H,60,61)(H,67,68)(H,69,70)(H4,43,44,46)(H3,45,48,55,56,66)/q-1/i42D. The Hall–Kier alpha value is -7.56. The van der Waals surface area contributed by atoms with E-state index >= 15 is 0 Å². The molecule has 2 aromatic heterocycles. The summed E-state index contributed by atoms with van der Waals surface area (Å²) < 4.78 is 10.00. The van der Waals surface area contributed by atoms with Crippen LogP contribution in [0.1, 0.15) is 68.4 Å². The molecule has 3 rings (SSSR count). The first-order valence-electron chi connectivity index (χ1n) is 22.1. The molecule has 404 valence electrons. The van der Waals surface area contributed by atoms with E-state index in [1.807, 2.05) is 0 Å². The van der Waals surface area contributed by atoms with Gasteiger partial charge >= 0.3 is 163 Å². The first-order chi connectivity index (χ1) is 35.3. The maximum atomic E-state index is 13.8. The van der Waals surface area contributed by atoms with Crippen LogP contribution in [0.5, 0.6) is 0 Å². The molecule has 5 amide bonds. The van der Waals surface area contributed by atoms with Gasteiger partial charge in [-0.2, -0.15) is 4.98 Å². The number of aromatic amines is 1. The number of hydrogen-bond donors (Lipinski definition) is 14. The average molecular weight is 1190 g/mol. The fourth-order valence-corrected chi connectivity index (χ4v) is 8.96. The quantitative estimate of drug-likeness (QED) is 0.00692. The van der Waals surface area contributed by atoms with Crippen LogP contribution in [0, 0.1) is 0 Å². The first kappa shape index (κ1) is 59.0. The number of aromatic nitrogens is 4. The number of rotatable bonds is 32. The molecule has 0 aliphatic heterocycles. The zero-order valence-electron chi connectivity index (χ0n) is 40.2. The van der Waals surface area contributed by atoms with Gasteiger partial charge in [0.05, 0.1) is 24.9 Å². The fourth-order valence-electron chi connectivity index (χ4n) is 6.29. The number of nitrogens with zero attached hydrogens (tertiary/aromatic N) is 4. The van der Waals surface area contributed by atoms with Crippen molar-refractivity contribution >= 4 is 108 Å². The van der Waals surface area contributed by atoms with Gasteiger partial charge in [0.25, 0.3) is 11.5 Å². The maximum absolute atomic E-state index is 13.8. The van der Waals surface area contributed by atoms with E-state index in [0.29, 0.717) is 11.4 Å². The number of benzene rings is 1. The zero-order valence-corrected chi connectivity index (χ0v) is 43.0. The molecule has 17 N–H and O–H groups in total. The summed E-state index contributed by atoms with van der Waals surface area (Å²) in [5.74, 6) is -12.2. The summed E-state index contributed by atoms with van der Waals surface area (Å²) in [6.07, 6.45) is -2.41. The van der Waals surface area contributed by atoms with Gasteiger partial charge < -0.3 is 53.8 Å². The molecule has 2 heterocycles. The second-order valence-corrected chi connectivity index (χ2v) is 20.0. The Morgan fingerprint density at radius 1 is 0.838 bits per heavy atom. The first-order valence-corrected chi connectivity index (χ1v) is 25.1. The van der Waals surface area contributed by atoms with Crippen molar-refractivity contribution in [3.8, 4) is 0 Å². The number of carbonyl (C=O) groups excluding carboxylic acids is 6. The summed E-state index contributed by atoms with van der Waals surface area (Å²) in [4.78, 5) is 157. The van der Waals surface area contributed by atoms with Gasteiger partial charge in [-0.3, -0.25) is 43.5 Å². The number of carboxylic acids is 4. The van der Waals surface area contributed by atoms with Crippen molar-refractivity contribution in [2.75, 3.05) is 30.0 Å². The zero-order chi connectivity index (χ0) is 56.0. The van der Waals surface area contributed by atoms with E-state index in [9.17, 15) is 73.2 Å². The SMILES string of the molecule is [2H][I-]C(=O)OCCSSC(C)(C)C(NC(=O)C(CC(=O)O)NC(=O)C(CCCN=C(N)N)NC(=O)C(CC(=O)O)NC(=O)CCC(NC(=O)c1ccc(NCc2cnc3nc(N)[nH]c(=O)c3n2)cc1)C(=O)O)C(=O)O. The number of ether oxygens (including phenoxy) is 1. The van der Waals surface area contributed by atoms with Gasteiger partial charge in [-0.05, 0) is 43.5 Å². The summed E-state index contributed by atoms with van der Waals surface area (Å²) in [7, 11) is 2.07. The van der Waals surface area contributed by atoms with Gasteiger partial charge in [-0.1, -0.05) is 0 Å². The normalized spacial score (nSPS) is 13.3. The number of carboxylic acid groups (broad SMARTS) is 4. The Morgan fingerprint density at radius 2 is 1.46 bits per heavy atom. The van der Waals surface area contributed by atoms with Gasteiger partial charge in [0.2, 0.25) is 23.7 Å².